The number of hydrogen-bond acceptors (Lipinski definition) is 3. The number of fused-ring (bicyclic) bond motifs is 1. The highest BCUT2D eigenvalue weighted by Gasteiger charge is 2.04. The first kappa shape index (κ1) is 8.90. The van der Waals surface area contributed by atoms with Crippen molar-refractivity contribution in [3.05, 3.63) is 35.1 Å². The second-order valence-electron chi connectivity index (χ2n) is 2.75. The smallest absolute Gasteiger partial charge is 0.268 e. The zero-order chi connectivity index (χ0) is 10.1. The summed E-state index contributed by atoms with van der Waals surface area (Å²) in [6, 6.07) is 5.05. The van der Waals surface area contributed by atoms with Crippen molar-refractivity contribution in [3.63, 3.8) is 0 Å². The lowest BCUT2D eigenvalue weighted by molar-refractivity contribution is 0.0995. The highest BCUT2D eigenvalue weighted by atomic mass is 35.5. The largest absolute Gasteiger partial charge is 0.364 e. The fraction of sp³-hybridized carbons (Fsp3) is 0. The zero-order valence-electron chi connectivity index (χ0n) is 7.07. The summed E-state index contributed by atoms with van der Waals surface area (Å²) in [6.45, 7) is 0. The van der Waals surface area contributed by atoms with Gasteiger partial charge in [-0.05, 0) is 18.2 Å². The predicted molar refractivity (Wildman–Crippen MR) is 53.1 cm³/mol. The maximum Gasteiger partial charge on any atom is 0.268 e. The van der Waals surface area contributed by atoms with Crippen LogP contribution in [0.15, 0.2) is 24.4 Å². The lowest BCUT2D eigenvalue weighted by Crippen LogP contribution is -2.13. The van der Waals surface area contributed by atoms with Crippen molar-refractivity contribution in [1.82, 2.24) is 9.97 Å². The van der Waals surface area contributed by atoms with Crippen molar-refractivity contribution < 1.29 is 4.79 Å². The minimum atomic E-state index is -0.589. The molecule has 0 bridgehead atoms. The van der Waals surface area contributed by atoms with Crippen LogP contribution in [-0.4, -0.2) is 15.9 Å². The molecule has 0 unspecified atom stereocenters. The predicted octanol–water partition coefficient (Wildman–Crippen LogP) is 1.38. The van der Waals surface area contributed by atoms with Crippen LogP contribution in [0.2, 0.25) is 5.02 Å². The molecule has 1 heterocycles. The number of benzene rings is 1. The molecule has 2 rings (SSSR count). The highest BCUT2D eigenvalue weighted by Crippen LogP contribution is 2.15. The first-order valence-corrected chi connectivity index (χ1v) is 4.27. The van der Waals surface area contributed by atoms with Crippen molar-refractivity contribution in [2.24, 2.45) is 5.73 Å². The topological polar surface area (TPSA) is 68.9 Å². The first-order valence-electron chi connectivity index (χ1n) is 3.89. The molecule has 5 heteroatoms. The zero-order valence-corrected chi connectivity index (χ0v) is 7.82. The minimum Gasteiger partial charge on any atom is -0.364 e. The van der Waals surface area contributed by atoms with E-state index >= 15 is 0 Å². The Bertz CT molecular complexity index is 512. The number of carbonyl (C=O) groups is 1. The van der Waals surface area contributed by atoms with Crippen molar-refractivity contribution in [3.8, 4) is 0 Å². The van der Waals surface area contributed by atoms with E-state index in [1.807, 2.05) is 0 Å². The van der Waals surface area contributed by atoms with Crippen LogP contribution in [0.1, 0.15) is 10.5 Å². The summed E-state index contributed by atoms with van der Waals surface area (Å²) in [6.07, 6.45) is 1.33. The number of carbonyl (C=O) groups excluding carboxylic acids is 1. The third-order valence-electron chi connectivity index (χ3n) is 1.76. The highest BCUT2D eigenvalue weighted by molar-refractivity contribution is 6.31. The van der Waals surface area contributed by atoms with E-state index in [0.29, 0.717) is 16.1 Å². The molecule has 0 saturated heterocycles. The normalized spacial score (nSPS) is 10.4. The Morgan fingerprint density at radius 3 is 2.86 bits per heavy atom. The van der Waals surface area contributed by atoms with Gasteiger partial charge in [0.25, 0.3) is 5.91 Å². The van der Waals surface area contributed by atoms with Crippen molar-refractivity contribution >= 4 is 28.5 Å². The molecular formula is C9H6ClN3O. The third-order valence-corrected chi connectivity index (χ3v) is 1.99. The van der Waals surface area contributed by atoms with Crippen molar-refractivity contribution in [2.45, 2.75) is 0 Å². The van der Waals surface area contributed by atoms with Gasteiger partial charge >= 0.3 is 0 Å². The molecule has 0 aliphatic rings. The average molecular weight is 208 g/mol. The number of rotatable bonds is 1. The molecule has 0 fully saturated rings. The molecule has 1 aromatic carbocycles. The third kappa shape index (κ3) is 1.52. The van der Waals surface area contributed by atoms with E-state index in [1.165, 1.54) is 6.20 Å². The summed E-state index contributed by atoms with van der Waals surface area (Å²) in [5.74, 6) is -0.589. The summed E-state index contributed by atoms with van der Waals surface area (Å²) >= 11 is 5.76. The molecular weight excluding hydrogens is 202 g/mol. The molecule has 14 heavy (non-hydrogen) atoms. The summed E-state index contributed by atoms with van der Waals surface area (Å²) in [7, 11) is 0. The number of amides is 1. The molecule has 2 N–H and O–H groups in total. The Labute approximate surface area is 84.7 Å². The van der Waals surface area contributed by atoms with Gasteiger partial charge in [-0.2, -0.15) is 0 Å². The number of primary amides is 1. The lowest BCUT2D eigenvalue weighted by Gasteiger charge is -1.98. The Balaban J connectivity index is 2.67. The van der Waals surface area contributed by atoms with E-state index in [2.05, 4.69) is 9.97 Å². The van der Waals surface area contributed by atoms with Gasteiger partial charge in [0.05, 0.1) is 17.2 Å². The molecule has 0 aliphatic heterocycles. The Kier molecular flexibility index (Phi) is 2.05. The second-order valence-corrected chi connectivity index (χ2v) is 3.19. The van der Waals surface area contributed by atoms with Crippen molar-refractivity contribution in [2.75, 3.05) is 0 Å². The Morgan fingerprint density at radius 1 is 1.36 bits per heavy atom. The molecule has 0 spiro atoms. The maximum atomic E-state index is 10.8. The van der Waals surface area contributed by atoms with Crippen LogP contribution in [0.25, 0.3) is 11.0 Å². The van der Waals surface area contributed by atoms with E-state index in [4.69, 9.17) is 17.3 Å². The van der Waals surface area contributed by atoms with Gasteiger partial charge in [0, 0.05) is 5.02 Å². The van der Waals surface area contributed by atoms with E-state index in [9.17, 15) is 4.79 Å². The fourth-order valence-electron chi connectivity index (χ4n) is 1.10. The monoisotopic (exact) mass is 207 g/mol. The summed E-state index contributed by atoms with van der Waals surface area (Å²) in [5, 5.41) is 0.582. The molecule has 0 radical (unpaired) electrons. The van der Waals surface area contributed by atoms with E-state index in [1.54, 1.807) is 18.2 Å². The van der Waals surface area contributed by atoms with Crippen LogP contribution in [0, 0.1) is 0 Å². The molecule has 4 nitrogen and oxygen atoms in total. The number of aromatic nitrogens is 2. The molecule has 0 aliphatic carbocycles. The number of nitrogens with two attached hydrogens (primary N) is 1. The van der Waals surface area contributed by atoms with Crippen LogP contribution < -0.4 is 5.73 Å². The van der Waals surface area contributed by atoms with Crippen LogP contribution in [-0.2, 0) is 0 Å². The average Bonchev–Trinajstić information content (AvgIpc) is 2.16. The number of hydrogen-bond donors (Lipinski definition) is 1. The van der Waals surface area contributed by atoms with Gasteiger partial charge in [-0.25, -0.2) is 4.98 Å². The van der Waals surface area contributed by atoms with Gasteiger partial charge in [-0.15, -0.1) is 0 Å². The molecule has 0 saturated carbocycles. The molecule has 2 aromatic rings. The molecule has 0 atom stereocenters. The molecule has 70 valence electrons. The summed E-state index contributed by atoms with van der Waals surface area (Å²) < 4.78 is 0. The summed E-state index contributed by atoms with van der Waals surface area (Å²) in [4.78, 5) is 18.8. The Hall–Kier alpha value is -1.68. The Morgan fingerprint density at radius 2 is 2.14 bits per heavy atom. The van der Waals surface area contributed by atoms with Crippen LogP contribution in [0.5, 0.6) is 0 Å². The van der Waals surface area contributed by atoms with Gasteiger partial charge < -0.3 is 5.73 Å². The minimum absolute atomic E-state index is 0.153. The van der Waals surface area contributed by atoms with Crippen LogP contribution >= 0.6 is 11.6 Å². The van der Waals surface area contributed by atoms with Gasteiger partial charge in [0.15, 0.2) is 0 Å². The van der Waals surface area contributed by atoms with Gasteiger partial charge in [0.1, 0.15) is 5.69 Å². The van der Waals surface area contributed by atoms with Gasteiger partial charge in [0.2, 0.25) is 0 Å². The van der Waals surface area contributed by atoms with E-state index in [-0.39, 0.29) is 5.69 Å². The second kappa shape index (κ2) is 3.23. The first-order chi connectivity index (χ1) is 6.66. The molecule has 1 aromatic heterocycles. The standard InChI is InChI=1S/C9H6ClN3O/c10-5-1-2-6-7(3-5)12-4-8(13-6)9(11)14/h1-4H,(H2,11,14). The van der Waals surface area contributed by atoms with E-state index < -0.39 is 5.91 Å². The van der Waals surface area contributed by atoms with Gasteiger partial charge in [-0.1, -0.05) is 11.6 Å². The summed E-state index contributed by atoms with van der Waals surface area (Å²) in [5.41, 5.74) is 6.46. The fourth-order valence-corrected chi connectivity index (χ4v) is 1.27. The molecule has 1 amide bonds. The lowest BCUT2D eigenvalue weighted by atomic mass is 10.3. The number of halogens is 1. The van der Waals surface area contributed by atoms with E-state index in [0.717, 1.165) is 0 Å². The quantitative estimate of drug-likeness (QED) is 0.768. The van der Waals surface area contributed by atoms with Crippen molar-refractivity contribution in [1.29, 1.82) is 0 Å². The SMILES string of the molecule is NC(=O)c1cnc2cc(Cl)ccc2n1. The maximum absolute atomic E-state index is 10.8. The van der Waals surface area contributed by atoms with Crippen LogP contribution in [0.4, 0.5) is 0 Å². The number of nitrogens with zero attached hydrogens (tertiary/aromatic N) is 2. The van der Waals surface area contributed by atoms with Gasteiger partial charge in [-0.3, -0.25) is 9.78 Å². The van der Waals surface area contributed by atoms with Crippen LogP contribution in [0.3, 0.4) is 0 Å².